The van der Waals surface area contributed by atoms with Gasteiger partial charge in [0.05, 0.1) is 18.7 Å². The van der Waals surface area contributed by atoms with Crippen molar-refractivity contribution >= 4 is 17.6 Å². The molecule has 0 fully saturated rings. The Labute approximate surface area is 115 Å². The predicted molar refractivity (Wildman–Crippen MR) is 74.3 cm³/mol. The summed E-state index contributed by atoms with van der Waals surface area (Å²) >= 11 is 6.25. The van der Waals surface area contributed by atoms with Gasteiger partial charge in [-0.05, 0) is 34.9 Å². The van der Waals surface area contributed by atoms with Crippen LogP contribution in [0.2, 0.25) is 5.02 Å². The Bertz CT molecular complexity index is 682. The van der Waals surface area contributed by atoms with Crippen molar-refractivity contribution in [2.45, 2.75) is 6.04 Å². The lowest BCUT2D eigenvalue weighted by Crippen LogP contribution is -2.09. The van der Waals surface area contributed by atoms with Gasteiger partial charge in [0.15, 0.2) is 0 Å². The highest BCUT2D eigenvalue weighted by atomic mass is 35.5. The van der Waals surface area contributed by atoms with Gasteiger partial charge >= 0.3 is 5.97 Å². The van der Waals surface area contributed by atoms with E-state index >= 15 is 0 Å². The second kappa shape index (κ2) is 4.37. The summed E-state index contributed by atoms with van der Waals surface area (Å²) in [6.45, 7) is 0. The highest BCUT2D eigenvalue weighted by Gasteiger charge is 2.28. The van der Waals surface area contributed by atoms with Crippen LogP contribution >= 0.6 is 11.6 Å². The molecule has 2 aromatic rings. The van der Waals surface area contributed by atoms with Crippen LogP contribution in [-0.4, -0.2) is 13.1 Å². The van der Waals surface area contributed by atoms with E-state index in [2.05, 4.69) is 0 Å². The Kier molecular flexibility index (Phi) is 2.81. The van der Waals surface area contributed by atoms with E-state index in [0.29, 0.717) is 10.6 Å². The summed E-state index contributed by atoms with van der Waals surface area (Å²) < 4.78 is 4.73. The highest BCUT2D eigenvalue weighted by molar-refractivity contribution is 6.33. The topological polar surface area (TPSA) is 52.3 Å². The number of methoxy groups -OCH3 is 1. The summed E-state index contributed by atoms with van der Waals surface area (Å²) in [7, 11) is 1.36. The molecule has 3 nitrogen and oxygen atoms in total. The van der Waals surface area contributed by atoms with Crippen molar-refractivity contribution in [2.24, 2.45) is 5.73 Å². The standard InChI is InChI=1S/C15H12ClNO2/c1-19-15(18)8-5-6-9-11(7-8)14(17)10-3-2-4-12(16)13(9)10/h2-7,14H,17H2,1H3. The van der Waals surface area contributed by atoms with Gasteiger partial charge in [-0.3, -0.25) is 0 Å². The average Bonchev–Trinajstić information content (AvgIpc) is 2.72. The molecule has 0 aliphatic heterocycles. The van der Waals surface area contributed by atoms with E-state index in [0.717, 1.165) is 22.3 Å². The van der Waals surface area contributed by atoms with Crippen LogP contribution in [0.1, 0.15) is 27.5 Å². The van der Waals surface area contributed by atoms with Crippen molar-refractivity contribution < 1.29 is 9.53 Å². The lowest BCUT2D eigenvalue weighted by Gasteiger charge is -2.07. The summed E-state index contributed by atoms with van der Waals surface area (Å²) in [5, 5.41) is 0.678. The summed E-state index contributed by atoms with van der Waals surface area (Å²) in [5.41, 5.74) is 10.6. The van der Waals surface area contributed by atoms with Crippen LogP contribution in [0.25, 0.3) is 11.1 Å². The number of halogens is 1. The van der Waals surface area contributed by atoms with E-state index in [1.807, 2.05) is 24.3 Å². The first-order valence-corrected chi connectivity index (χ1v) is 6.28. The quantitative estimate of drug-likeness (QED) is 0.812. The van der Waals surface area contributed by atoms with E-state index in [1.54, 1.807) is 12.1 Å². The minimum Gasteiger partial charge on any atom is -0.465 e. The van der Waals surface area contributed by atoms with E-state index in [9.17, 15) is 4.79 Å². The van der Waals surface area contributed by atoms with Crippen LogP contribution in [0.4, 0.5) is 0 Å². The zero-order chi connectivity index (χ0) is 13.6. The number of hydrogen-bond acceptors (Lipinski definition) is 3. The fourth-order valence-corrected chi connectivity index (χ4v) is 2.83. The molecule has 0 saturated heterocycles. The van der Waals surface area contributed by atoms with E-state index < -0.39 is 0 Å². The third kappa shape index (κ3) is 1.74. The molecule has 19 heavy (non-hydrogen) atoms. The largest absolute Gasteiger partial charge is 0.465 e. The number of nitrogens with two attached hydrogens (primary N) is 1. The second-order valence-corrected chi connectivity index (χ2v) is 4.88. The molecular formula is C15H12ClNO2. The van der Waals surface area contributed by atoms with Gasteiger partial charge in [0.25, 0.3) is 0 Å². The van der Waals surface area contributed by atoms with Gasteiger partial charge in [0, 0.05) is 10.6 Å². The zero-order valence-corrected chi connectivity index (χ0v) is 11.1. The van der Waals surface area contributed by atoms with Crippen molar-refractivity contribution in [3.63, 3.8) is 0 Å². The first-order valence-electron chi connectivity index (χ1n) is 5.90. The Morgan fingerprint density at radius 2 is 2.05 bits per heavy atom. The lowest BCUT2D eigenvalue weighted by molar-refractivity contribution is 0.0600. The Morgan fingerprint density at radius 1 is 1.26 bits per heavy atom. The molecule has 0 amide bonds. The molecule has 0 aromatic heterocycles. The van der Waals surface area contributed by atoms with Crippen LogP contribution < -0.4 is 5.73 Å². The van der Waals surface area contributed by atoms with E-state index in [4.69, 9.17) is 22.1 Å². The molecule has 0 bridgehead atoms. The first kappa shape index (κ1) is 12.2. The molecule has 1 aliphatic rings. The number of esters is 1. The van der Waals surface area contributed by atoms with Gasteiger partial charge < -0.3 is 10.5 Å². The number of carbonyl (C=O) groups is 1. The van der Waals surface area contributed by atoms with Gasteiger partial charge in [0.2, 0.25) is 0 Å². The smallest absolute Gasteiger partial charge is 0.337 e. The van der Waals surface area contributed by atoms with Gasteiger partial charge in [-0.2, -0.15) is 0 Å². The first-order chi connectivity index (χ1) is 9.13. The van der Waals surface area contributed by atoms with E-state index in [-0.39, 0.29) is 12.0 Å². The zero-order valence-electron chi connectivity index (χ0n) is 10.3. The molecule has 0 spiro atoms. The maximum absolute atomic E-state index is 11.6. The molecule has 0 heterocycles. The normalized spacial score (nSPS) is 15.8. The molecule has 2 aromatic carbocycles. The summed E-state index contributed by atoms with van der Waals surface area (Å²) in [6, 6.07) is 10.8. The summed E-state index contributed by atoms with van der Waals surface area (Å²) in [5.74, 6) is -0.364. The molecular weight excluding hydrogens is 262 g/mol. The fourth-order valence-electron chi connectivity index (χ4n) is 2.54. The maximum Gasteiger partial charge on any atom is 0.337 e. The number of carbonyl (C=O) groups excluding carboxylic acids is 1. The highest BCUT2D eigenvalue weighted by Crippen LogP contribution is 2.45. The molecule has 1 unspecified atom stereocenters. The molecule has 2 N–H and O–H groups in total. The Morgan fingerprint density at radius 3 is 2.79 bits per heavy atom. The van der Waals surface area contributed by atoms with Crippen molar-refractivity contribution in [1.82, 2.24) is 0 Å². The van der Waals surface area contributed by atoms with Crippen molar-refractivity contribution in [2.75, 3.05) is 7.11 Å². The third-order valence-electron chi connectivity index (χ3n) is 3.46. The lowest BCUT2D eigenvalue weighted by atomic mass is 10.0. The Hall–Kier alpha value is -1.84. The minimum atomic E-state index is -0.364. The number of fused-ring (bicyclic) bond motifs is 3. The molecule has 0 radical (unpaired) electrons. The van der Waals surface area contributed by atoms with Crippen LogP contribution in [-0.2, 0) is 4.74 Å². The van der Waals surface area contributed by atoms with Gasteiger partial charge in [-0.15, -0.1) is 0 Å². The van der Waals surface area contributed by atoms with Crippen molar-refractivity contribution in [3.8, 4) is 11.1 Å². The van der Waals surface area contributed by atoms with Crippen molar-refractivity contribution in [3.05, 3.63) is 58.1 Å². The minimum absolute atomic E-state index is 0.256. The molecule has 1 atom stereocenters. The molecule has 1 aliphatic carbocycles. The number of ether oxygens (including phenoxy) is 1. The third-order valence-corrected chi connectivity index (χ3v) is 3.77. The molecule has 3 rings (SSSR count). The predicted octanol–water partition coefficient (Wildman–Crippen LogP) is 3.16. The fraction of sp³-hybridized carbons (Fsp3) is 0.133. The number of benzene rings is 2. The van der Waals surface area contributed by atoms with E-state index in [1.165, 1.54) is 7.11 Å². The monoisotopic (exact) mass is 273 g/mol. The summed E-state index contributed by atoms with van der Waals surface area (Å²) in [6.07, 6.45) is 0. The maximum atomic E-state index is 11.6. The average molecular weight is 274 g/mol. The number of hydrogen-bond donors (Lipinski definition) is 1. The van der Waals surface area contributed by atoms with Gasteiger partial charge in [0.1, 0.15) is 0 Å². The van der Waals surface area contributed by atoms with Gasteiger partial charge in [-0.25, -0.2) is 4.79 Å². The van der Waals surface area contributed by atoms with Crippen LogP contribution in [0.3, 0.4) is 0 Å². The van der Waals surface area contributed by atoms with Crippen LogP contribution in [0.15, 0.2) is 36.4 Å². The summed E-state index contributed by atoms with van der Waals surface area (Å²) in [4.78, 5) is 11.6. The van der Waals surface area contributed by atoms with Gasteiger partial charge in [-0.1, -0.05) is 29.8 Å². The van der Waals surface area contributed by atoms with Crippen molar-refractivity contribution in [1.29, 1.82) is 0 Å². The SMILES string of the molecule is COC(=O)c1ccc2c(c1)C(N)c1cccc(Cl)c1-2. The van der Waals surface area contributed by atoms with Crippen LogP contribution in [0.5, 0.6) is 0 Å². The second-order valence-electron chi connectivity index (χ2n) is 4.48. The number of rotatable bonds is 1. The molecule has 0 saturated carbocycles. The molecule has 96 valence electrons. The molecule has 4 heteroatoms. The van der Waals surface area contributed by atoms with Crippen LogP contribution in [0, 0.1) is 0 Å². The Balaban J connectivity index is 2.21.